The number of hydrogen-bond donors (Lipinski definition) is 3. The summed E-state index contributed by atoms with van der Waals surface area (Å²) in [4.78, 5) is 11.2. The van der Waals surface area contributed by atoms with Crippen LogP contribution in [0.4, 0.5) is 0 Å². The zero-order valence-electron chi connectivity index (χ0n) is 7.49. The van der Waals surface area contributed by atoms with E-state index in [-0.39, 0.29) is 16.4 Å². The SMILES string of the molecule is CNC(=O)c1ccc(B(O)O)cc1Cl. The highest BCUT2D eigenvalue weighted by atomic mass is 35.5. The first-order chi connectivity index (χ1) is 6.56. The molecule has 0 radical (unpaired) electrons. The summed E-state index contributed by atoms with van der Waals surface area (Å²) in [7, 11) is -0.0840. The van der Waals surface area contributed by atoms with Gasteiger partial charge < -0.3 is 15.4 Å². The highest BCUT2D eigenvalue weighted by molar-refractivity contribution is 6.59. The molecular weight excluding hydrogens is 204 g/mol. The molecule has 4 nitrogen and oxygen atoms in total. The van der Waals surface area contributed by atoms with Gasteiger partial charge in [-0.3, -0.25) is 4.79 Å². The number of hydrogen-bond acceptors (Lipinski definition) is 3. The third-order valence-electron chi connectivity index (χ3n) is 1.76. The van der Waals surface area contributed by atoms with Gasteiger partial charge in [-0.1, -0.05) is 17.7 Å². The molecular formula is C8H9BClNO3. The highest BCUT2D eigenvalue weighted by Gasteiger charge is 2.14. The van der Waals surface area contributed by atoms with Crippen molar-refractivity contribution in [3.63, 3.8) is 0 Å². The standard InChI is InChI=1S/C8H9BClNO3/c1-11-8(12)6-3-2-5(9(13)14)4-7(6)10/h2-4,13-14H,1H3,(H,11,12). The van der Waals surface area contributed by atoms with Crippen LogP contribution in [0.25, 0.3) is 0 Å². The Morgan fingerprint density at radius 1 is 1.50 bits per heavy atom. The van der Waals surface area contributed by atoms with Gasteiger partial charge in [0.05, 0.1) is 10.6 Å². The van der Waals surface area contributed by atoms with E-state index in [2.05, 4.69) is 5.32 Å². The second-order valence-corrected chi connectivity index (χ2v) is 3.10. The first kappa shape index (κ1) is 11.0. The van der Waals surface area contributed by atoms with Crippen LogP contribution in [0.3, 0.4) is 0 Å². The van der Waals surface area contributed by atoms with Crippen LogP contribution < -0.4 is 10.8 Å². The number of amides is 1. The van der Waals surface area contributed by atoms with Crippen molar-refractivity contribution in [1.82, 2.24) is 5.32 Å². The van der Waals surface area contributed by atoms with Crippen LogP contribution in [0.15, 0.2) is 18.2 Å². The fraction of sp³-hybridized carbons (Fsp3) is 0.125. The molecule has 1 aromatic rings. The van der Waals surface area contributed by atoms with Crippen LogP contribution in [0.5, 0.6) is 0 Å². The Balaban J connectivity index is 3.07. The predicted octanol–water partition coefficient (Wildman–Crippen LogP) is -0.621. The van der Waals surface area contributed by atoms with Crippen molar-refractivity contribution < 1.29 is 14.8 Å². The number of rotatable bonds is 2. The summed E-state index contributed by atoms with van der Waals surface area (Å²) in [5.41, 5.74) is 0.557. The average Bonchev–Trinajstić information content (AvgIpc) is 2.16. The van der Waals surface area contributed by atoms with Gasteiger partial charge in [0.25, 0.3) is 5.91 Å². The molecule has 0 atom stereocenters. The van der Waals surface area contributed by atoms with Crippen molar-refractivity contribution >= 4 is 30.1 Å². The smallest absolute Gasteiger partial charge is 0.423 e. The molecule has 0 aromatic heterocycles. The van der Waals surface area contributed by atoms with Crippen LogP contribution >= 0.6 is 11.6 Å². The van der Waals surface area contributed by atoms with E-state index >= 15 is 0 Å². The summed E-state index contributed by atoms with van der Waals surface area (Å²) in [5, 5.41) is 20.3. The van der Waals surface area contributed by atoms with Crippen LogP contribution in [0, 0.1) is 0 Å². The summed E-state index contributed by atoms with van der Waals surface area (Å²) >= 11 is 5.76. The van der Waals surface area contributed by atoms with Crippen LogP contribution in [-0.4, -0.2) is 30.1 Å². The third-order valence-corrected chi connectivity index (χ3v) is 2.08. The molecule has 1 amide bonds. The molecule has 0 heterocycles. The van der Waals surface area contributed by atoms with Gasteiger partial charge in [-0.2, -0.15) is 0 Å². The Labute approximate surface area is 86.7 Å². The van der Waals surface area contributed by atoms with Crippen LogP contribution in [0.2, 0.25) is 5.02 Å². The summed E-state index contributed by atoms with van der Waals surface area (Å²) in [5.74, 6) is -0.311. The number of carbonyl (C=O) groups excluding carboxylic acids is 1. The lowest BCUT2D eigenvalue weighted by Gasteiger charge is -2.05. The second-order valence-electron chi connectivity index (χ2n) is 2.69. The molecule has 3 N–H and O–H groups in total. The number of benzene rings is 1. The Hall–Kier alpha value is -1.04. The van der Waals surface area contributed by atoms with Crippen molar-refractivity contribution in [3.8, 4) is 0 Å². The van der Waals surface area contributed by atoms with Crippen molar-refractivity contribution in [2.24, 2.45) is 0 Å². The topological polar surface area (TPSA) is 69.6 Å². The maximum atomic E-state index is 11.2. The summed E-state index contributed by atoms with van der Waals surface area (Å²) in [6.45, 7) is 0. The molecule has 0 spiro atoms. The molecule has 0 fully saturated rings. The van der Waals surface area contributed by atoms with E-state index in [4.69, 9.17) is 21.6 Å². The maximum absolute atomic E-state index is 11.2. The van der Waals surface area contributed by atoms with Gasteiger partial charge >= 0.3 is 7.12 Å². The first-order valence-corrected chi connectivity index (χ1v) is 4.31. The molecule has 0 bridgehead atoms. The normalized spacial score (nSPS) is 9.71. The zero-order chi connectivity index (χ0) is 10.7. The molecule has 0 unspecified atom stereocenters. The van der Waals surface area contributed by atoms with E-state index < -0.39 is 7.12 Å². The van der Waals surface area contributed by atoms with E-state index in [0.29, 0.717) is 5.56 Å². The van der Waals surface area contributed by atoms with Gasteiger partial charge in [-0.25, -0.2) is 0 Å². The lowest BCUT2D eigenvalue weighted by atomic mass is 9.80. The quantitative estimate of drug-likeness (QED) is 0.574. The molecule has 1 rings (SSSR count). The van der Waals surface area contributed by atoms with E-state index in [1.165, 1.54) is 25.2 Å². The molecule has 1 aromatic carbocycles. The third kappa shape index (κ3) is 2.26. The Bertz CT molecular complexity index is 356. The molecule has 0 aliphatic carbocycles. The van der Waals surface area contributed by atoms with Crippen LogP contribution in [0.1, 0.15) is 10.4 Å². The zero-order valence-corrected chi connectivity index (χ0v) is 8.25. The molecule has 74 valence electrons. The van der Waals surface area contributed by atoms with E-state index in [1.807, 2.05) is 0 Å². The Morgan fingerprint density at radius 3 is 2.57 bits per heavy atom. The average molecular weight is 213 g/mol. The van der Waals surface area contributed by atoms with Crippen LogP contribution in [-0.2, 0) is 0 Å². The summed E-state index contributed by atoms with van der Waals surface area (Å²) in [6.07, 6.45) is 0. The summed E-state index contributed by atoms with van der Waals surface area (Å²) in [6, 6.07) is 4.22. The highest BCUT2D eigenvalue weighted by Crippen LogP contribution is 2.13. The van der Waals surface area contributed by atoms with Gasteiger partial charge in [-0.15, -0.1) is 0 Å². The van der Waals surface area contributed by atoms with Gasteiger partial charge in [0.2, 0.25) is 0 Å². The maximum Gasteiger partial charge on any atom is 0.488 e. The summed E-state index contributed by atoms with van der Waals surface area (Å²) < 4.78 is 0. The van der Waals surface area contributed by atoms with Crippen molar-refractivity contribution in [2.75, 3.05) is 7.05 Å². The van der Waals surface area contributed by atoms with Gasteiger partial charge in [-0.05, 0) is 17.6 Å². The van der Waals surface area contributed by atoms with E-state index in [0.717, 1.165) is 0 Å². The second kappa shape index (κ2) is 4.46. The first-order valence-electron chi connectivity index (χ1n) is 3.94. The van der Waals surface area contributed by atoms with Gasteiger partial charge in [0.15, 0.2) is 0 Å². The number of carbonyl (C=O) groups is 1. The minimum Gasteiger partial charge on any atom is -0.423 e. The van der Waals surface area contributed by atoms with E-state index in [1.54, 1.807) is 0 Å². The van der Waals surface area contributed by atoms with Crippen molar-refractivity contribution in [1.29, 1.82) is 0 Å². The van der Waals surface area contributed by atoms with Gasteiger partial charge in [0.1, 0.15) is 0 Å². The lowest BCUT2D eigenvalue weighted by molar-refractivity contribution is 0.0963. The fourth-order valence-corrected chi connectivity index (χ4v) is 1.29. The van der Waals surface area contributed by atoms with Gasteiger partial charge in [0, 0.05) is 7.05 Å². The molecule has 6 heteroatoms. The molecule has 14 heavy (non-hydrogen) atoms. The fourth-order valence-electron chi connectivity index (χ4n) is 1.01. The lowest BCUT2D eigenvalue weighted by Crippen LogP contribution is -2.30. The molecule has 0 saturated carbocycles. The van der Waals surface area contributed by atoms with Crippen molar-refractivity contribution in [3.05, 3.63) is 28.8 Å². The molecule has 0 aliphatic heterocycles. The number of nitrogens with one attached hydrogen (secondary N) is 1. The largest absolute Gasteiger partial charge is 0.488 e. The van der Waals surface area contributed by atoms with Crippen molar-refractivity contribution in [2.45, 2.75) is 0 Å². The minimum atomic E-state index is -1.58. The van der Waals surface area contributed by atoms with E-state index in [9.17, 15) is 4.79 Å². The molecule has 0 saturated heterocycles. The Morgan fingerprint density at radius 2 is 2.14 bits per heavy atom. The molecule has 0 aliphatic rings. The number of halogens is 1. The predicted molar refractivity (Wildman–Crippen MR) is 54.7 cm³/mol. The Kier molecular flexibility index (Phi) is 3.52. The monoisotopic (exact) mass is 213 g/mol. The minimum absolute atomic E-state index is 0.190.